The van der Waals surface area contributed by atoms with Gasteiger partial charge < -0.3 is 15.5 Å². The first kappa shape index (κ1) is 19.7. The van der Waals surface area contributed by atoms with E-state index in [4.69, 9.17) is 0 Å². The van der Waals surface area contributed by atoms with Crippen molar-refractivity contribution in [3.8, 4) is 0 Å². The van der Waals surface area contributed by atoms with Gasteiger partial charge in [-0.15, -0.1) is 6.58 Å². The molecule has 0 saturated carbocycles. The minimum atomic E-state index is -0.0815. The number of nitrogens with zero attached hydrogens (tertiary/aromatic N) is 3. The van der Waals surface area contributed by atoms with E-state index in [1.807, 2.05) is 39.1 Å². The van der Waals surface area contributed by atoms with Crippen LogP contribution in [0.25, 0.3) is 0 Å². The first-order valence-electron chi connectivity index (χ1n) is 8.40. The molecule has 0 radical (unpaired) electrons. The predicted octanol–water partition coefficient (Wildman–Crippen LogP) is 2.58. The Balaban J connectivity index is 2.47. The van der Waals surface area contributed by atoms with Gasteiger partial charge in [-0.2, -0.15) is 0 Å². The minimum Gasteiger partial charge on any atom is -0.357 e. The van der Waals surface area contributed by atoms with Crippen LogP contribution in [0.15, 0.2) is 35.8 Å². The molecule has 0 aliphatic rings. The van der Waals surface area contributed by atoms with Gasteiger partial charge in [-0.25, -0.2) is 4.98 Å². The average Bonchev–Trinajstić information content (AvgIpc) is 2.54. The fourth-order valence-electron chi connectivity index (χ4n) is 2.13. The maximum atomic E-state index is 12.0. The zero-order valence-electron chi connectivity index (χ0n) is 15.0. The second-order valence-corrected chi connectivity index (χ2v) is 5.55. The Morgan fingerprint density at radius 3 is 2.92 bits per heavy atom. The molecule has 132 valence electrons. The second kappa shape index (κ2) is 11.2. The number of pyridine rings is 1. The molecular weight excluding hydrogens is 302 g/mol. The van der Waals surface area contributed by atoms with Crippen molar-refractivity contribution in [3.05, 3.63) is 36.5 Å². The third-order valence-electron chi connectivity index (χ3n) is 3.35. The van der Waals surface area contributed by atoms with Crippen molar-refractivity contribution >= 4 is 17.7 Å². The van der Waals surface area contributed by atoms with E-state index in [0.717, 1.165) is 37.6 Å². The number of anilines is 1. The van der Waals surface area contributed by atoms with E-state index >= 15 is 0 Å². The number of allylic oxidation sites excluding steroid dienone is 1. The van der Waals surface area contributed by atoms with E-state index in [1.54, 1.807) is 6.07 Å². The highest BCUT2D eigenvalue weighted by Crippen LogP contribution is 2.04. The third kappa shape index (κ3) is 7.76. The van der Waals surface area contributed by atoms with Gasteiger partial charge in [-0.3, -0.25) is 9.79 Å². The lowest BCUT2D eigenvalue weighted by atomic mass is 10.3. The Morgan fingerprint density at radius 2 is 2.25 bits per heavy atom. The van der Waals surface area contributed by atoms with Crippen molar-refractivity contribution in [2.75, 3.05) is 32.0 Å². The molecule has 1 rings (SSSR count). The normalized spacial score (nSPS) is 11.0. The van der Waals surface area contributed by atoms with Crippen molar-refractivity contribution in [2.45, 2.75) is 33.1 Å². The number of carbonyl (C=O) groups is 1. The zero-order valence-corrected chi connectivity index (χ0v) is 15.0. The van der Waals surface area contributed by atoms with E-state index < -0.39 is 0 Å². The maximum Gasteiger partial charge on any atom is 0.227 e. The molecule has 0 spiro atoms. The fraction of sp³-hybridized carbons (Fsp3) is 0.500. The first-order valence-corrected chi connectivity index (χ1v) is 8.40. The molecule has 0 aromatic carbocycles. The number of carbonyl (C=O) groups excluding carboxylic acids is 1. The molecule has 0 bridgehead atoms. The molecule has 2 N–H and O–H groups in total. The van der Waals surface area contributed by atoms with Crippen LogP contribution in [-0.4, -0.2) is 48.4 Å². The Morgan fingerprint density at radius 1 is 1.46 bits per heavy atom. The van der Waals surface area contributed by atoms with Gasteiger partial charge in [0.2, 0.25) is 5.91 Å². The van der Waals surface area contributed by atoms with E-state index in [2.05, 4.69) is 32.1 Å². The topological polar surface area (TPSA) is 69.6 Å². The van der Waals surface area contributed by atoms with Crippen LogP contribution in [0, 0.1) is 6.92 Å². The van der Waals surface area contributed by atoms with E-state index in [-0.39, 0.29) is 5.91 Å². The number of aromatic nitrogens is 1. The summed E-state index contributed by atoms with van der Waals surface area (Å²) in [7, 11) is 2.00. The van der Waals surface area contributed by atoms with Crippen LogP contribution >= 0.6 is 0 Å². The Labute approximate surface area is 145 Å². The lowest BCUT2D eigenvalue weighted by Crippen LogP contribution is -2.39. The third-order valence-corrected chi connectivity index (χ3v) is 3.35. The largest absolute Gasteiger partial charge is 0.357 e. The molecule has 0 fully saturated rings. The number of amides is 1. The molecular formula is C18H29N5O. The summed E-state index contributed by atoms with van der Waals surface area (Å²) in [5.74, 6) is 1.32. The Hall–Kier alpha value is -2.37. The summed E-state index contributed by atoms with van der Waals surface area (Å²) in [6.45, 7) is 9.79. The molecule has 1 amide bonds. The molecule has 1 heterocycles. The Kier molecular flexibility index (Phi) is 9.19. The SMILES string of the molecule is C=CCCCN(C)C(=NCCC(=O)Nc1cccc(C)n1)NCC. The standard InChI is InChI=1S/C18H29N5O/c1-5-7-8-14-23(4)18(19-6-2)20-13-12-17(24)22-16-11-9-10-15(3)21-16/h5,9-11H,1,6-8,12-14H2,2-4H3,(H,19,20)(H,21,22,24). The molecule has 24 heavy (non-hydrogen) atoms. The summed E-state index contributed by atoms with van der Waals surface area (Å²) < 4.78 is 0. The van der Waals surface area contributed by atoms with Gasteiger partial charge >= 0.3 is 0 Å². The summed E-state index contributed by atoms with van der Waals surface area (Å²) >= 11 is 0. The van der Waals surface area contributed by atoms with Crippen molar-refractivity contribution in [3.63, 3.8) is 0 Å². The number of unbranched alkanes of at least 4 members (excludes halogenated alkanes) is 1. The molecule has 6 heteroatoms. The Bertz CT molecular complexity index is 556. The van der Waals surface area contributed by atoms with Gasteiger partial charge in [-0.05, 0) is 38.8 Å². The van der Waals surface area contributed by atoms with Gasteiger partial charge in [-0.1, -0.05) is 12.1 Å². The molecule has 0 aliphatic heterocycles. The summed E-state index contributed by atoms with van der Waals surface area (Å²) in [6, 6.07) is 5.55. The monoisotopic (exact) mass is 331 g/mol. The quantitative estimate of drug-likeness (QED) is 0.316. The van der Waals surface area contributed by atoms with Gasteiger partial charge in [0.1, 0.15) is 5.82 Å². The minimum absolute atomic E-state index is 0.0815. The highest BCUT2D eigenvalue weighted by molar-refractivity contribution is 5.90. The summed E-state index contributed by atoms with van der Waals surface area (Å²) in [6.07, 6.45) is 4.26. The van der Waals surface area contributed by atoms with E-state index in [9.17, 15) is 4.79 Å². The summed E-state index contributed by atoms with van der Waals surface area (Å²) in [5, 5.41) is 6.04. The van der Waals surface area contributed by atoms with Crippen molar-refractivity contribution in [1.29, 1.82) is 0 Å². The zero-order chi connectivity index (χ0) is 17.8. The second-order valence-electron chi connectivity index (χ2n) is 5.55. The lowest BCUT2D eigenvalue weighted by Gasteiger charge is -2.21. The predicted molar refractivity (Wildman–Crippen MR) is 100 cm³/mol. The van der Waals surface area contributed by atoms with Crippen molar-refractivity contribution in [1.82, 2.24) is 15.2 Å². The van der Waals surface area contributed by atoms with Crippen LogP contribution in [0.3, 0.4) is 0 Å². The molecule has 0 aliphatic carbocycles. The van der Waals surface area contributed by atoms with Crippen LogP contribution in [0.5, 0.6) is 0 Å². The fourth-order valence-corrected chi connectivity index (χ4v) is 2.13. The first-order chi connectivity index (χ1) is 11.6. The van der Waals surface area contributed by atoms with Gasteiger partial charge in [0.15, 0.2) is 5.96 Å². The van der Waals surface area contributed by atoms with Crippen LogP contribution in [0.1, 0.15) is 31.9 Å². The molecule has 0 atom stereocenters. The average molecular weight is 331 g/mol. The number of guanidine groups is 1. The summed E-state index contributed by atoms with van der Waals surface area (Å²) in [5.41, 5.74) is 0.876. The maximum absolute atomic E-state index is 12.0. The molecule has 1 aromatic rings. The van der Waals surface area contributed by atoms with Gasteiger partial charge in [0, 0.05) is 32.3 Å². The van der Waals surface area contributed by atoms with Crippen LogP contribution in [0.2, 0.25) is 0 Å². The molecule has 0 unspecified atom stereocenters. The highest BCUT2D eigenvalue weighted by atomic mass is 16.1. The number of aliphatic imine (C=N–C) groups is 1. The highest BCUT2D eigenvalue weighted by Gasteiger charge is 2.06. The van der Waals surface area contributed by atoms with Crippen LogP contribution in [-0.2, 0) is 4.79 Å². The van der Waals surface area contributed by atoms with Crippen molar-refractivity contribution < 1.29 is 4.79 Å². The molecule has 6 nitrogen and oxygen atoms in total. The smallest absolute Gasteiger partial charge is 0.227 e. The van der Waals surface area contributed by atoms with Gasteiger partial charge in [0.05, 0.1) is 6.54 Å². The number of rotatable bonds is 9. The number of aryl methyl sites for hydroxylation is 1. The van der Waals surface area contributed by atoms with E-state index in [1.165, 1.54) is 0 Å². The van der Waals surface area contributed by atoms with Crippen LogP contribution < -0.4 is 10.6 Å². The summed E-state index contributed by atoms with van der Waals surface area (Å²) in [4.78, 5) is 22.8. The molecule has 0 saturated heterocycles. The lowest BCUT2D eigenvalue weighted by molar-refractivity contribution is -0.116. The van der Waals surface area contributed by atoms with E-state index in [0.29, 0.717) is 18.8 Å². The van der Waals surface area contributed by atoms with Crippen LogP contribution in [0.4, 0.5) is 5.82 Å². The molecule has 1 aromatic heterocycles. The van der Waals surface area contributed by atoms with Gasteiger partial charge in [0.25, 0.3) is 0 Å². The number of hydrogen-bond acceptors (Lipinski definition) is 3. The number of hydrogen-bond donors (Lipinski definition) is 2. The number of nitrogens with one attached hydrogen (secondary N) is 2. The van der Waals surface area contributed by atoms with Crippen molar-refractivity contribution in [2.24, 2.45) is 4.99 Å².